The van der Waals surface area contributed by atoms with Gasteiger partial charge >= 0.3 is 6.03 Å². The van der Waals surface area contributed by atoms with E-state index in [-0.39, 0.29) is 12.3 Å². The molecular formula is C16H14N2O3. The first-order chi connectivity index (χ1) is 10.2. The van der Waals surface area contributed by atoms with Crippen molar-refractivity contribution in [3.05, 3.63) is 54.6 Å². The SMILES string of the molecule is O=C1CCN(c2ccccc2Oc2ccccc2)C(=O)N1. The molecule has 106 valence electrons. The molecule has 0 radical (unpaired) electrons. The van der Waals surface area contributed by atoms with Gasteiger partial charge in [0.2, 0.25) is 5.91 Å². The Morgan fingerprint density at radius 3 is 2.43 bits per heavy atom. The van der Waals surface area contributed by atoms with Crippen LogP contribution < -0.4 is 15.0 Å². The molecule has 1 N–H and O–H groups in total. The van der Waals surface area contributed by atoms with Crippen molar-refractivity contribution in [1.82, 2.24) is 5.32 Å². The van der Waals surface area contributed by atoms with E-state index >= 15 is 0 Å². The van der Waals surface area contributed by atoms with E-state index in [4.69, 9.17) is 4.74 Å². The molecule has 0 aromatic heterocycles. The van der Waals surface area contributed by atoms with Gasteiger partial charge in [0.05, 0.1) is 5.69 Å². The highest BCUT2D eigenvalue weighted by atomic mass is 16.5. The summed E-state index contributed by atoms with van der Waals surface area (Å²) in [5.74, 6) is 1.02. The Labute approximate surface area is 122 Å². The fourth-order valence-corrected chi connectivity index (χ4v) is 2.18. The zero-order valence-corrected chi connectivity index (χ0v) is 11.3. The smallest absolute Gasteiger partial charge is 0.328 e. The molecule has 21 heavy (non-hydrogen) atoms. The summed E-state index contributed by atoms with van der Waals surface area (Å²) in [5.41, 5.74) is 0.645. The number of anilines is 1. The van der Waals surface area contributed by atoms with Crippen LogP contribution in [-0.2, 0) is 4.79 Å². The zero-order chi connectivity index (χ0) is 14.7. The fourth-order valence-electron chi connectivity index (χ4n) is 2.18. The Kier molecular flexibility index (Phi) is 3.55. The fraction of sp³-hybridized carbons (Fsp3) is 0.125. The predicted molar refractivity (Wildman–Crippen MR) is 78.5 cm³/mol. The average Bonchev–Trinajstić information content (AvgIpc) is 2.49. The van der Waals surface area contributed by atoms with Gasteiger partial charge in [0.1, 0.15) is 5.75 Å². The van der Waals surface area contributed by atoms with Gasteiger partial charge in [0.15, 0.2) is 5.75 Å². The van der Waals surface area contributed by atoms with Crippen LogP contribution in [0.2, 0.25) is 0 Å². The van der Waals surface area contributed by atoms with E-state index in [0.29, 0.717) is 23.7 Å². The number of ether oxygens (including phenoxy) is 1. The monoisotopic (exact) mass is 282 g/mol. The second-order valence-electron chi connectivity index (χ2n) is 4.64. The number of hydrogen-bond acceptors (Lipinski definition) is 3. The average molecular weight is 282 g/mol. The van der Waals surface area contributed by atoms with Crippen molar-refractivity contribution >= 4 is 17.6 Å². The Balaban J connectivity index is 1.89. The van der Waals surface area contributed by atoms with Gasteiger partial charge in [-0.2, -0.15) is 0 Å². The molecule has 1 heterocycles. The van der Waals surface area contributed by atoms with E-state index in [1.54, 1.807) is 12.1 Å². The third-order valence-corrected chi connectivity index (χ3v) is 3.18. The highest BCUT2D eigenvalue weighted by molar-refractivity contribution is 6.06. The van der Waals surface area contributed by atoms with Crippen molar-refractivity contribution in [3.63, 3.8) is 0 Å². The molecule has 2 aromatic rings. The van der Waals surface area contributed by atoms with Crippen LogP contribution in [0.5, 0.6) is 11.5 Å². The maximum absolute atomic E-state index is 11.9. The lowest BCUT2D eigenvalue weighted by Crippen LogP contribution is -2.49. The molecule has 0 saturated carbocycles. The molecule has 3 rings (SSSR count). The molecule has 0 unspecified atom stereocenters. The van der Waals surface area contributed by atoms with Crippen LogP contribution in [-0.4, -0.2) is 18.5 Å². The summed E-state index contributed by atoms with van der Waals surface area (Å²) in [7, 11) is 0. The van der Waals surface area contributed by atoms with E-state index in [1.807, 2.05) is 42.5 Å². The second kappa shape index (κ2) is 5.66. The molecule has 0 aliphatic carbocycles. The first-order valence-corrected chi connectivity index (χ1v) is 6.67. The molecule has 3 amide bonds. The van der Waals surface area contributed by atoms with Crippen molar-refractivity contribution in [3.8, 4) is 11.5 Å². The van der Waals surface area contributed by atoms with E-state index in [0.717, 1.165) is 0 Å². The zero-order valence-electron chi connectivity index (χ0n) is 11.3. The number of urea groups is 1. The highest BCUT2D eigenvalue weighted by Gasteiger charge is 2.26. The summed E-state index contributed by atoms with van der Waals surface area (Å²) < 4.78 is 5.83. The number of nitrogens with zero attached hydrogens (tertiary/aromatic N) is 1. The molecule has 0 bridgehead atoms. The number of benzene rings is 2. The van der Waals surface area contributed by atoms with Crippen LogP contribution in [0.1, 0.15) is 6.42 Å². The predicted octanol–water partition coefficient (Wildman–Crippen LogP) is 2.93. The van der Waals surface area contributed by atoms with Gasteiger partial charge in [0, 0.05) is 13.0 Å². The Bertz CT molecular complexity index is 670. The maximum atomic E-state index is 11.9. The lowest BCUT2D eigenvalue weighted by atomic mass is 10.2. The van der Waals surface area contributed by atoms with E-state index < -0.39 is 6.03 Å². The van der Waals surface area contributed by atoms with Crippen LogP contribution in [0.25, 0.3) is 0 Å². The molecular weight excluding hydrogens is 268 g/mol. The number of para-hydroxylation sites is 3. The van der Waals surface area contributed by atoms with Crippen LogP contribution >= 0.6 is 0 Å². The largest absolute Gasteiger partial charge is 0.455 e. The van der Waals surface area contributed by atoms with Crippen LogP contribution in [0, 0.1) is 0 Å². The van der Waals surface area contributed by atoms with Gasteiger partial charge in [0.25, 0.3) is 0 Å². The number of carbonyl (C=O) groups excluding carboxylic acids is 2. The number of imide groups is 1. The van der Waals surface area contributed by atoms with E-state index in [9.17, 15) is 9.59 Å². The Hall–Kier alpha value is -2.82. The lowest BCUT2D eigenvalue weighted by Gasteiger charge is -2.27. The van der Waals surface area contributed by atoms with Gasteiger partial charge in [-0.05, 0) is 24.3 Å². The summed E-state index contributed by atoms with van der Waals surface area (Å²) in [6, 6.07) is 16.2. The van der Waals surface area contributed by atoms with Crippen molar-refractivity contribution < 1.29 is 14.3 Å². The molecule has 0 atom stereocenters. The third-order valence-electron chi connectivity index (χ3n) is 3.18. The second-order valence-corrected chi connectivity index (χ2v) is 4.64. The minimum Gasteiger partial charge on any atom is -0.455 e. The molecule has 5 nitrogen and oxygen atoms in total. The standard InChI is InChI=1S/C16H14N2O3/c19-15-10-11-18(16(20)17-15)13-8-4-5-9-14(13)21-12-6-2-1-3-7-12/h1-9H,10-11H2,(H,17,19,20). The first kappa shape index (κ1) is 13.2. The first-order valence-electron chi connectivity index (χ1n) is 6.67. The molecule has 1 saturated heterocycles. The van der Waals surface area contributed by atoms with Gasteiger partial charge < -0.3 is 4.74 Å². The molecule has 5 heteroatoms. The number of carbonyl (C=O) groups is 2. The highest BCUT2D eigenvalue weighted by Crippen LogP contribution is 2.32. The lowest BCUT2D eigenvalue weighted by molar-refractivity contribution is -0.120. The van der Waals surface area contributed by atoms with E-state index in [1.165, 1.54) is 4.90 Å². The maximum Gasteiger partial charge on any atom is 0.328 e. The van der Waals surface area contributed by atoms with Crippen molar-refractivity contribution in [2.75, 3.05) is 11.4 Å². The summed E-state index contributed by atoms with van der Waals surface area (Å²) in [6.45, 7) is 0.347. The number of rotatable bonds is 3. The number of amides is 3. The van der Waals surface area contributed by atoms with Crippen LogP contribution in [0.4, 0.5) is 10.5 Å². The number of nitrogens with one attached hydrogen (secondary N) is 1. The minimum atomic E-state index is -0.421. The quantitative estimate of drug-likeness (QED) is 0.941. The minimum absolute atomic E-state index is 0.252. The molecule has 1 aliphatic heterocycles. The van der Waals surface area contributed by atoms with Gasteiger partial charge in [-0.1, -0.05) is 30.3 Å². The topological polar surface area (TPSA) is 58.6 Å². The summed E-state index contributed by atoms with van der Waals surface area (Å²) in [6.07, 6.45) is 0.283. The van der Waals surface area contributed by atoms with Gasteiger partial charge in [-0.15, -0.1) is 0 Å². The van der Waals surface area contributed by atoms with Crippen LogP contribution in [0.3, 0.4) is 0 Å². The van der Waals surface area contributed by atoms with Gasteiger partial charge in [-0.3, -0.25) is 15.0 Å². The van der Waals surface area contributed by atoms with Crippen molar-refractivity contribution in [2.24, 2.45) is 0 Å². The molecule has 1 aliphatic rings. The van der Waals surface area contributed by atoms with Gasteiger partial charge in [-0.25, -0.2) is 4.79 Å². The van der Waals surface area contributed by atoms with Crippen LogP contribution in [0.15, 0.2) is 54.6 Å². The van der Waals surface area contributed by atoms with Crippen molar-refractivity contribution in [2.45, 2.75) is 6.42 Å². The van der Waals surface area contributed by atoms with Crippen molar-refractivity contribution in [1.29, 1.82) is 0 Å². The van der Waals surface area contributed by atoms with E-state index in [2.05, 4.69) is 5.32 Å². The molecule has 1 fully saturated rings. The Morgan fingerprint density at radius 1 is 0.952 bits per heavy atom. The molecule has 2 aromatic carbocycles. The Morgan fingerprint density at radius 2 is 1.67 bits per heavy atom. The molecule has 0 spiro atoms. The summed E-state index contributed by atoms with van der Waals surface area (Å²) in [5, 5.41) is 2.31. The normalized spacial score (nSPS) is 14.8. The number of hydrogen-bond donors (Lipinski definition) is 1. The third kappa shape index (κ3) is 2.86. The summed E-state index contributed by atoms with van der Waals surface area (Å²) in [4.78, 5) is 24.7. The summed E-state index contributed by atoms with van der Waals surface area (Å²) >= 11 is 0.